The minimum atomic E-state index is 0.170. The Labute approximate surface area is 83.4 Å². The van der Waals surface area contributed by atoms with E-state index in [1.54, 1.807) is 0 Å². The zero-order valence-electron chi connectivity index (χ0n) is 6.29. The molecule has 0 fully saturated rings. The minimum absolute atomic E-state index is 0.170. The number of hydrogen-bond donors (Lipinski definition) is 1. The minimum Gasteiger partial charge on any atom is -0.345 e. The number of H-pyrrole nitrogens is 1. The third-order valence-corrected chi connectivity index (χ3v) is 3.34. The summed E-state index contributed by atoms with van der Waals surface area (Å²) >= 11 is 9.23. The van der Waals surface area contributed by atoms with Crippen molar-refractivity contribution in [3.63, 3.8) is 0 Å². The van der Waals surface area contributed by atoms with Gasteiger partial charge in [-0.3, -0.25) is 4.79 Å². The van der Waals surface area contributed by atoms with Crippen LogP contribution in [0.15, 0.2) is 4.60 Å². The number of aromatic amines is 1. The second-order valence-corrected chi connectivity index (χ2v) is 4.05. The van der Waals surface area contributed by atoms with Crippen molar-refractivity contribution >= 4 is 33.3 Å². The van der Waals surface area contributed by atoms with Gasteiger partial charge in [0.1, 0.15) is 4.60 Å². The normalized spacial score (nSPS) is 16.3. The number of carbonyl (C=O) groups excluding carboxylic acids is 1. The van der Waals surface area contributed by atoms with E-state index in [1.807, 2.05) is 0 Å². The fraction of sp³-hybridized carbons (Fsp3) is 0.375. The van der Waals surface area contributed by atoms with E-state index in [2.05, 4.69) is 20.9 Å². The van der Waals surface area contributed by atoms with E-state index in [0.717, 1.165) is 23.0 Å². The van der Waals surface area contributed by atoms with Gasteiger partial charge < -0.3 is 4.98 Å². The smallest absolute Gasteiger partial charge is 0.179 e. The van der Waals surface area contributed by atoms with Gasteiger partial charge in [0.05, 0.1) is 10.7 Å². The van der Waals surface area contributed by atoms with Crippen molar-refractivity contribution in [3.05, 3.63) is 20.9 Å². The summed E-state index contributed by atoms with van der Waals surface area (Å²) in [5.41, 5.74) is 1.66. The third kappa shape index (κ3) is 1.12. The monoisotopic (exact) mass is 247 g/mol. The quantitative estimate of drug-likeness (QED) is 0.752. The van der Waals surface area contributed by atoms with Crippen molar-refractivity contribution in [2.45, 2.75) is 19.3 Å². The van der Waals surface area contributed by atoms with Crippen molar-refractivity contribution in [3.8, 4) is 0 Å². The van der Waals surface area contributed by atoms with Crippen LogP contribution in [-0.4, -0.2) is 10.8 Å². The number of halogens is 2. The van der Waals surface area contributed by atoms with Gasteiger partial charge in [-0.15, -0.1) is 0 Å². The van der Waals surface area contributed by atoms with Gasteiger partial charge in [-0.25, -0.2) is 0 Å². The van der Waals surface area contributed by atoms with E-state index < -0.39 is 0 Å². The first-order valence-electron chi connectivity index (χ1n) is 3.79. The lowest BCUT2D eigenvalue weighted by Crippen LogP contribution is -2.09. The number of rotatable bonds is 0. The number of ketones is 1. The molecule has 2 rings (SSSR count). The van der Waals surface area contributed by atoms with Crippen LogP contribution in [0.4, 0.5) is 0 Å². The summed E-state index contributed by atoms with van der Waals surface area (Å²) in [6.45, 7) is 0. The van der Waals surface area contributed by atoms with Crippen LogP contribution in [0.25, 0.3) is 0 Å². The Bertz CT molecular complexity index is 345. The van der Waals surface area contributed by atoms with Gasteiger partial charge in [0.15, 0.2) is 5.78 Å². The van der Waals surface area contributed by atoms with Crippen LogP contribution in [0.5, 0.6) is 0 Å². The molecule has 1 heterocycles. The SMILES string of the molecule is O=C1CCCc2c1[nH]c(Br)c2Cl. The van der Waals surface area contributed by atoms with Gasteiger partial charge >= 0.3 is 0 Å². The van der Waals surface area contributed by atoms with Gasteiger partial charge in [-0.05, 0) is 28.8 Å². The second-order valence-electron chi connectivity index (χ2n) is 2.88. The number of hydrogen-bond acceptors (Lipinski definition) is 1. The maximum atomic E-state index is 11.3. The molecule has 1 N–H and O–H groups in total. The van der Waals surface area contributed by atoms with Crippen molar-refractivity contribution in [2.75, 3.05) is 0 Å². The lowest BCUT2D eigenvalue weighted by molar-refractivity contribution is 0.0968. The van der Waals surface area contributed by atoms with Gasteiger partial charge in [0.25, 0.3) is 0 Å². The fourth-order valence-electron chi connectivity index (χ4n) is 1.51. The fourth-order valence-corrected chi connectivity index (χ4v) is 2.18. The summed E-state index contributed by atoms with van der Waals surface area (Å²) in [5, 5.41) is 0.665. The van der Waals surface area contributed by atoms with Gasteiger partial charge in [-0.1, -0.05) is 11.6 Å². The van der Waals surface area contributed by atoms with Crippen LogP contribution in [0.3, 0.4) is 0 Å². The molecule has 2 nitrogen and oxygen atoms in total. The molecular formula is C8H7BrClNO. The number of aromatic nitrogens is 1. The summed E-state index contributed by atoms with van der Waals surface area (Å²) in [4.78, 5) is 14.3. The Morgan fingerprint density at radius 1 is 1.42 bits per heavy atom. The first kappa shape index (κ1) is 8.32. The summed E-state index contributed by atoms with van der Waals surface area (Å²) in [7, 11) is 0. The summed E-state index contributed by atoms with van der Waals surface area (Å²) < 4.78 is 0.726. The van der Waals surface area contributed by atoms with Crippen LogP contribution >= 0.6 is 27.5 Å². The summed E-state index contributed by atoms with van der Waals surface area (Å²) in [5.74, 6) is 0.170. The standard InChI is InChI=1S/C8H7BrClNO/c9-8-6(10)4-2-1-3-5(12)7(4)11-8/h11H,1-3H2. The van der Waals surface area contributed by atoms with Crippen molar-refractivity contribution in [1.82, 2.24) is 4.98 Å². The van der Waals surface area contributed by atoms with Crippen LogP contribution in [-0.2, 0) is 6.42 Å². The molecule has 64 valence electrons. The molecule has 0 saturated carbocycles. The molecular weight excluding hydrogens is 241 g/mol. The predicted octanol–water partition coefficient (Wildman–Crippen LogP) is 2.95. The van der Waals surface area contributed by atoms with E-state index in [0.29, 0.717) is 17.1 Å². The molecule has 0 radical (unpaired) electrons. The predicted molar refractivity (Wildman–Crippen MR) is 50.8 cm³/mol. The molecule has 0 amide bonds. The molecule has 1 aromatic rings. The first-order chi connectivity index (χ1) is 5.70. The molecule has 1 aromatic heterocycles. The Morgan fingerprint density at radius 2 is 2.17 bits per heavy atom. The van der Waals surface area contributed by atoms with Crippen LogP contribution in [0.2, 0.25) is 5.02 Å². The average molecular weight is 249 g/mol. The molecule has 1 aliphatic rings. The van der Waals surface area contributed by atoms with E-state index in [9.17, 15) is 4.79 Å². The molecule has 0 saturated heterocycles. The maximum absolute atomic E-state index is 11.3. The van der Waals surface area contributed by atoms with Crippen molar-refractivity contribution in [1.29, 1.82) is 0 Å². The van der Waals surface area contributed by atoms with Gasteiger partial charge in [-0.2, -0.15) is 0 Å². The lowest BCUT2D eigenvalue weighted by Gasteiger charge is -2.08. The largest absolute Gasteiger partial charge is 0.345 e. The molecule has 0 aliphatic heterocycles. The molecule has 0 bridgehead atoms. The van der Waals surface area contributed by atoms with Crippen molar-refractivity contribution < 1.29 is 4.79 Å². The summed E-state index contributed by atoms with van der Waals surface area (Å²) in [6, 6.07) is 0. The number of carbonyl (C=O) groups is 1. The van der Waals surface area contributed by atoms with Crippen LogP contribution in [0.1, 0.15) is 28.9 Å². The van der Waals surface area contributed by atoms with E-state index in [4.69, 9.17) is 11.6 Å². The number of Topliss-reactive ketones (excluding diaryl/α,β-unsaturated/α-hetero) is 1. The number of fused-ring (bicyclic) bond motifs is 1. The highest BCUT2D eigenvalue weighted by molar-refractivity contribution is 9.10. The van der Waals surface area contributed by atoms with Crippen LogP contribution in [0, 0.1) is 0 Å². The molecule has 4 heteroatoms. The van der Waals surface area contributed by atoms with Crippen LogP contribution < -0.4 is 0 Å². The number of nitrogens with one attached hydrogen (secondary N) is 1. The third-order valence-electron chi connectivity index (χ3n) is 2.10. The Hall–Kier alpha value is -0.280. The lowest BCUT2D eigenvalue weighted by atomic mass is 9.97. The highest BCUT2D eigenvalue weighted by atomic mass is 79.9. The Balaban J connectivity index is 2.60. The first-order valence-corrected chi connectivity index (χ1v) is 4.96. The average Bonchev–Trinajstić information content (AvgIpc) is 2.32. The van der Waals surface area contributed by atoms with Crippen molar-refractivity contribution in [2.24, 2.45) is 0 Å². The Kier molecular flexibility index (Phi) is 2.00. The zero-order chi connectivity index (χ0) is 8.72. The molecule has 0 aromatic carbocycles. The molecule has 0 atom stereocenters. The highest BCUT2D eigenvalue weighted by Crippen LogP contribution is 2.33. The zero-order valence-corrected chi connectivity index (χ0v) is 8.63. The maximum Gasteiger partial charge on any atom is 0.179 e. The molecule has 0 spiro atoms. The van der Waals surface area contributed by atoms with Gasteiger partial charge in [0.2, 0.25) is 0 Å². The van der Waals surface area contributed by atoms with E-state index in [1.165, 1.54) is 0 Å². The molecule has 12 heavy (non-hydrogen) atoms. The highest BCUT2D eigenvalue weighted by Gasteiger charge is 2.23. The van der Waals surface area contributed by atoms with Gasteiger partial charge in [0, 0.05) is 12.0 Å². The van der Waals surface area contributed by atoms with E-state index in [-0.39, 0.29) is 5.78 Å². The second kappa shape index (κ2) is 2.89. The Morgan fingerprint density at radius 3 is 2.83 bits per heavy atom. The topological polar surface area (TPSA) is 32.9 Å². The molecule has 0 unspecified atom stereocenters. The molecule has 1 aliphatic carbocycles. The van der Waals surface area contributed by atoms with E-state index >= 15 is 0 Å². The summed E-state index contributed by atoms with van der Waals surface area (Å²) in [6.07, 6.45) is 2.45.